The van der Waals surface area contributed by atoms with Crippen molar-refractivity contribution in [2.45, 2.75) is 32.6 Å². The second-order valence-electron chi connectivity index (χ2n) is 5.02. The lowest BCUT2D eigenvalue weighted by Crippen LogP contribution is -2.31. The highest BCUT2D eigenvalue weighted by Crippen LogP contribution is 2.21. The van der Waals surface area contributed by atoms with Gasteiger partial charge in [0.15, 0.2) is 0 Å². The molecule has 2 rings (SSSR count). The van der Waals surface area contributed by atoms with E-state index >= 15 is 0 Å². The Kier molecular flexibility index (Phi) is 8.49. The fourth-order valence-electron chi connectivity index (χ4n) is 2.60. The van der Waals surface area contributed by atoms with Gasteiger partial charge in [0, 0.05) is 6.54 Å². The van der Waals surface area contributed by atoms with E-state index in [2.05, 4.69) is 16.7 Å². The van der Waals surface area contributed by atoms with Crippen molar-refractivity contribution in [3.8, 4) is 11.8 Å². The number of nitrogens with zero attached hydrogens (tertiary/aromatic N) is 2. The quantitative estimate of drug-likeness (QED) is 0.905. The van der Waals surface area contributed by atoms with Crippen LogP contribution in [-0.2, 0) is 6.42 Å². The fraction of sp³-hybridized carbons (Fsp3) is 0.588. The first kappa shape index (κ1) is 17.5. The smallest absolute Gasteiger partial charge is 0.122 e. The molecule has 2 N–H and O–H groups in total. The Labute approximate surface area is 128 Å². The normalized spacial score (nSPS) is 14.8. The highest BCUT2D eigenvalue weighted by Gasteiger charge is 2.11. The summed E-state index contributed by atoms with van der Waals surface area (Å²) in [6.45, 7) is 6.15. The van der Waals surface area contributed by atoms with Crippen LogP contribution in [0.15, 0.2) is 18.2 Å². The average molecular weight is 289 g/mol. The molecular weight excluding hydrogens is 262 g/mol. The third-order valence-electron chi connectivity index (χ3n) is 3.64. The number of ether oxygens (including phenoxy) is 1. The van der Waals surface area contributed by atoms with Gasteiger partial charge >= 0.3 is 0 Å². The van der Waals surface area contributed by atoms with Gasteiger partial charge < -0.3 is 15.4 Å². The minimum Gasteiger partial charge on any atom is -0.494 e. The van der Waals surface area contributed by atoms with E-state index in [1.165, 1.54) is 39.4 Å². The lowest BCUT2D eigenvalue weighted by molar-refractivity contribution is 0.230. The van der Waals surface area contributed by atoms with Gasteiger partial charge in [0.25, 0.3) is 0 Å². The van der Waals surface area contributed by atoms with Crippen LogP contribution in [0.3, 0.4) is 0 Å². The maximum atomic E-state index is 9.00. The summed E-state index contributed by atoms with van der Waals surface area (Å²) in [5.74, 6) is 0.929. The number of hydrogen-bond donors (Lipinski definition) is 1. The Morgan fingerprint density at radius 3 is 2.57 bits per heavy atom. The zero-order chi connectivity index (χ0) is 15.5. The summed E-state index contributed by atoms with van der Waals surface area (Å²) in [5, 5.41) is 9.00. The van der Waals surface area contributed by atoms with Crippen LogP contribution in [0, 0.1) is 11.3 Å². The first-order valence-electron chi connectivity index (χ1n) is 7.79. The van der Waals surface area contributed by atoms with E-state index in [1.54, 1.807) is 0 Å². The van der Waals surface area contributed by atoms with Crippen LogP contribution in [-0.4, -0.2) is 38.2 Å². The summed E-state index contributed by atoms with van der Waals surface area (Å²) in [6, 6.07) is 7.93. The van der Waals surface area contributed by atoms with Gasteiger partial charge in [-0.05, 0) is 70.1 Å². The summed E-state index contributed by atoms with van der Waals surface area (Å²) >= 11 is 0. The van der Waals surface area contributed by atoms with Crippen molar-refractivity contribution in [1.29, 1.82) is 5.26 Å². The number of nitriles is 1. The zero-order valence-corrected chi connectivity index (χ0v) is 13.3. The predicted molar refractivity (Wildman–Crippen MR) is 86.4 cm³/mol. The van der Waals surface area contributed by atoms with Gasteiger partial charge in [-0.25, -0.2) is 0 Å². The molecule has 0 amide bonds. The number of benzene rings is 1. The van der Waals surface area contributed by atoms with E-state index in [1.807, 2.05) is 25.1 Å². The SMILES string of the molecule is CCOc1ccc(C#N)cc1CCN1CCCCC1.CN. The van der Waals surface area contributed by atoms with E-state index in [0.717, 1.165) is 29.8 Å². The van der Waals surface area contributed by atoms with Crippen LogP contribution in [0.1, 0.15) is 37.3 Å². The lowest BCUT2D eigenvalue weighted by Gasteiger charge is -2.26. The summed E-state index contributed by atoms with van der Waals surface area (Å²) in [7, 11) is 1.50. The van der Waals surface area contributed by atoms with E-state index in [-0.39, 0.29) is 0 Å². The molecule has 0 aliphatic carbocycles. The maximum absolute atomic E-state index is 9.00. The van der Waals surface area contributed by atoms with Crippen molar-refractivity contribution in [3.05, 3.63) is 29.3 Å². The van der Waals surface area contributed by atoms with E-state index in [0.29, 0.717) is 6.61 Å². The van der Waals surface area contributed by atoms with Gasteiger partial charge in [0.2, 0.25) is 0 Å². The third-order valence-corrected chi connectivity index (χ3v) is 3.64. The molecule has 1 aliphatic heterocycles. The molecule has 1 aliphatic rings. The zero-order valence-electron chi connectivity index (χ0n) is 13.3. The number of hydrogen-bond acceptors (Lipinski definition) is 4. The molecule has 4 nitrogen and oxygen atoms in total. The molecule has 1 aromatic rings. The van der Waals surface area contributed by atoms with Crippen molar-refractivity contribution in [3.63, 3.8) is 0 Å². The second-order valence-corrected chi connectivity index (χ2v) is 5.02. The van der Waals surface area contributed by atoms with E-state index < -0.39 is 0 Å². The number of rotatable bonds is 5. The molecule has 116 valence electrons. The van der Waals surface area contributed by atoms with E-state index in [9.17, 15) is 0 Å². The van der Waals surface area contributed by atoms with E-state index in [4.69, 9.17) is 10.00 Å². The maximum Gasteiger partial charge on any atom is 0.122 e. The molecule has 0 aromatic heterocycles. The van der Waals surface area contributed by atoms with Crippen LogP contribution in [0.2, 0.25) is 0 Å². The van der Waals surface area contributed by atoms with Crippen molar-refractivity contribution in [2.75, 3.05) is 33.3 Å². The Balaban J connectivity index is 0.00000106. The molecule has 1 aromatic carbocycles. The molecule has 1 saturated heterocycles. The van der Waals surface area contributed by atoms with Gasteiger partial charge in [-0.1, -0.05) is 6.42 Å². The van der Waals surface area contributed by atoms with Crippen molar-refractivity contribution in [1.82, 2.24) is 4.90 Å². The van der Waals surface area contributed by atoms with Gasteiger partial charge in [0.1, 0.15) is 5.75 Å². The molecule has 1 fully saturated rings. The van der Waals surface area contributed by atoms with Crippen LogP contribution in [0.5, 0.6) is 5.75 Å². The molecule has 0 radical (unpaired) electrons. The largest absolute Gasteiger partial charge is 0.494 e. The summed E-state index contributed by atoms with van der Waals surface area (Å²) in [4.78, 5) is 2.51. The van der Waals surface area contributed by atoms with Crippen molar-refractivity contribution < 1.29 is 4.74 Å². The minimum atomic E-state index is 0.669. The molecule has 0 spiro atoms. The number of nitrogens with two attached hydrogens (primary N) is 1. The summed E-state index contributed by atoms with van der Waals surface area (Å²) in [6.07, 6.45) is 4.96. The second kappa shape index (κ2) is 10.2. The molecular formula is C17H27N3O. The highest BCUT2D eigenvalue weighted by molar-refractivity contribution is 5.42. The molecule has 0 bridgehead atoms. The van der Waals surface area contributed by atoms with Gasteiger partial charge in [-0.2, -0.15) is 5.26 Å². The van der Waals surface area contributed by atoms with Crippen LogP contribution in [0.4, 0.5) is 0 Å². The van der Waals surface area contributed by atoms with Crippen LogP contribution in [0.25, 0.3) is 0 Å². The van der Waals surface area contributed by atoms with Crippen LogP contribution < -0.4 is 10.5 Å². The van der Waals surface area contributed by atoms with Gasteiger partial charge in [-0.15, -0.1) is 0 Å². The Hall–Kier alpha value is -1.57. The monoisotopic (exact) mass is 289 g/mol. The molecule has 1 heterocycles. The molecule has 21 heavy (non-hydrogen) atoms. The van der Waals surface area contributed by atoms with Gasteiger partial charge in [0.05, 0.1) is 18.2 Å². The molecule has 0 unspecified atom stereocenters. The Morgan fingerprint density at radius 1 is 1.24 bits per heavy atom. The minimum absolute atomic E-state index is 0.669. The Bertz CT molecular complexity index is 448. The summed E-state index contributed by atoms with van der Waals surface area (Å²) < 4.78 is 5.65. The first-order valence-corrected chi connectivity index (χ1v) is 7.79. The standard InChI is InChI=1S/C16H22N2O.CH5N/c1-2-19-16-7-6-14(13-17)12-15(16)8-11-18-9-4-3-5-10-18;1-2/h6-7,12H,2-5,8-11H2,1H3;2H2,1H3. The predicted octanol–water partition coefficient (Wildman–Crippen LogP) is 2.56. The lowest BCUT2D eigenvalue weighted by atomic mass is 10.1. The molecule has 0 atom stereocenters. The first-order chi connectivity index (χ1) is 10.3. The third kappa shape index (κ3) is 5.74. The highest BCUT2D eigenvalue weighted by atomic mass is 16.5. The van der Waals surface area contributed by atoms with Crippen LogP contribution >= 0.6 is 0 Å². The average Bonchev–Trinajstić information content (AvgIpc) is 2.57. The summed E-state index contributed by atoms with van der Waals surface area (Å²) in [5.41, 5.74) is 6.38. The Morgan fingerprint density at radius 2 is 1.95 bits per heavy atom. The molecule has 0 saturated carbocycles. The number of likely N-dealkylation sites (tertiary alicyclic amines) is 1. The van der Waals surface area contributed by atoms with Crippen molar-refractivity contribution in [2.24, 2.45) is 5.73 Å². The van der Waals surface area contributed by atoms with Gasteiger partial charge in [-0.3, -0.25) is 0 Å². The number of piperidine rings is 1. The molecule has 4 heteroatoms. The fourth-order valence-corrected chi connectivity index (χ4v) is 2.60. The topological polar surface area (TPSA) is 62.3 Å². The van der Waals surface area contributed by atoms with Crippen molar-refractivity contribution >= 4 is 0 Å².